The molecule has 180 valence electrons. The lowest BCUT2D eigenvalue weighted by molar-refractivity contribution is -0.139. The SMILES string of the molecule is CCCCCCCCC(C=CC(=O)OCc1ccccc1)OC(=O)NCCN(CC)CC. The number of nitrogens with zero attached hydrogens (tertiary/aromatic N) is 1. The molecule has 0 aliphatic heterocycles. The summed E-state index contributed by atoms with van der Waals surface area (Å²) in [6.45, 7) is 9.83. The number of hydrogen-bond donors (Lipinski definition) is 1. The maximum atomic E-state index is 12.2. The molecule has 1 aromatic carbocycles. The minimum atomic E-state index is -0.449. The summed E-state index contributed by atoms with van der Waals surface area (Å²) in [5.74, 6) is -0.438. The molecule has 1 amide bonds. The van der Waals surface area contributed by atoms with Crippen molar-refractivity contribution in [1.29, 1.82) is 0 Å². The number of hydrogen-bond acceptors (Lipinski definition) is 5. The summed E-state index contributed by atoms with van der Waals surface area (Å²) in [5, 5.41) is 2.81. The molecule has 32 heavy (non-hydrogen) atoms. The smallest absolute Gasteiger partial charge is 0.407 e. The van der Waals surface area contributed by atoms with Crippen molar-refractivity contribution < 1.29 is 19.1 Å². The standard InChI is InChI=1S/C26H42N2O4/c1-4-7-8-9-10-14-17-24(32-26(30)27-20-21-28(5-2)6-3)18-19-25(29)31-22-23-15-12-11-13-16-23/h11-13,15-16,18-19,24H,4-10,14,17,20-22H2,1-3H3,(H,27,30). The number of ether oxygens (including phenoxy) is 2. The van der Waals surface area contributed by atoms with Crippen LogP contribution in [0.3, 0.4) is 0 Å². The van der Waals surface area contributed by atoms with Crippen LogP contribution in [0.15, 0.2) is 42.5 Å². The van der Waals surface area contributed by atoms with Crippen molar-refractivity contribution >= 4 is 12.1 Å². The van der Waals surface area contributed by atoms with Crippen molar-refractivity contribution in [2.24, 2.45) is 0 Å². The maximum absolute atomic E-state index is 12.2. The average molecular weight is 447 g/mol. The summed E-state index contributed by atoms with van der Waals surface area (Å²) in [5.41, 5.74) is 0.932. The third-order valence-corrected chi connectivity index (χ3v) is 5.36. The Labute approximate surface area is 194 Å². The van der Waals surface area contributed by atoms with Gasteiger partial charge >= 0.3 is 12.1 Å². The number of carbonyl (C=O) groups is 2. The normalized spacial score (nSPS) is 12.1. The Hall–Kier alpha value is -2.34. The summed E-state index contributed by atoms with van der Waals surface area (Å²) in [6, 6.07) is 9.54. The van der Waals surface area contributed by atoms with Crippen LogP contribution in [0.25, 0.3) is 0 Å². The van der Waals surface area contributed by atoms with E-state index in [1.165, 1.54) is 31.8 Å². The molecule has 6 nitrogen and oxygen atoms in total. The van der Waals surface area contributed by atoms with Crippen molar-refractivity contribution in [3.8, 4) is 0 Å². The van der Waals surface area contributed by atoms with Crippen LogP contribution in [0.1, 0.15) is 71.3 Å². The zero-order valence-corrected chi connectivity index (χ0v) is 20.2. The Morgan fingerprint density at radius 1 is 1.00 bits per heavy atom. The van der Waals surface area contributed by atoms with Crippen molar-refractivity contribution in [3.05, 3.63) is 48.0 Å². The molecule has 0 spiro atoms. The number of likely N-dealkylation sites (N-methyl/N-ethyl adjacent to an activating group) is 1. The maximum Gasteiger partial charge on any atom is 0.407 e. The fourth-order valence-electron chi connectivity index (χ4n) is 3.32. The fraction of sp³-hybridized carbons (Fsp3) is 0.615. The lowest BCUT2D eigenvalue weighted by atomic mass is 10.1. The third-order valence-electron chi connectivity index (χ3n) is 5.36. The number of amides is 1. The number of esters is 1. The predicted molar refractivity (Wildman–Crippen MR) is 129 cm³/mol. The molecule has 0 saturated carbocycles. The Morgan fingerprint density at radius 3 is 2.38 bits per heavy atom. The second-order valence-electron chi connectivity index (χ2n) is 7.91. The molecule has 0 aliphatic carbocycles. The number of unbranched alkanes of at least 4 members (excludes halogenated alkanes) is 5. The summed E-state index contributed by atoms with van der Waals surface area (Å²) >= 11 is 0. The van der Waals surface area contributed by atoms with Crippen molar-refractivity contribution in [3.63, 3.8) is 0 Å². The van der Waals surface area contributed by atoms with E-state index < -0.39 is 18.2 Å². The first-order chi connectivity index (χ1) is 15.6. The molecular weight excluding hydrogens is 404 g/mol. The van der Waals surface area contributed by atoms with E-state index >= 15 is 0 Å². The lowest BCUT2D eigenvalue weighted by Crippen LogP contribution is -2.36. The summed E-state index contributed by atoms with van der Waals surface area (Å²) in [6.07, 6.45) is 9.73. The molecule has 1 N–H and O–H groups in total. The first kappa shape index (κ1) is 27.7. The van der Waals surface area contributed by atoms with E-state index in [4.69, 9.17) is 9.47 Å². The van der Waals surface area contributed by atoms with Crippen LogP contribution in [0.4, 0.5) is 4.79 Å². The van der Waals surface area contributed by atoms with Gasteiger partial charge in [-0.1, -0.05) is 83.2 Å². The van der Waals surface area contributed by atoms with Gasteiger partial charge in [-0.05, 0) is 37.6 Å². The molecule has 0 aromatic heterocycles. The van der Waals surface area contributed by atoms with Gasteiger partial charge in [0.05, 0.1) is 0 Å². The Bertz CT molecular complexity index is 644. The van der Waals surface area contributed by atoms with Gasteiger partial charge in [0.2, 0.25) is 0 Å². The molecule has 0 fully saturated rings. The van der Waals surface area contributed by atoms with Gasteiger partial charge in [0, 0.05) is 19.2 Å². The largest absolute Gasteiger partial charge is 0.458 e. The summed E-state index contributed by atoms with van der Waals surface area (Å²) in [7, 11) is 0. The zero-order chi connectivity index (χ0) is 23.4. The molecule has 1 rings (SSSR count). The van der Waals surface area contributed by atoms with Gasteiger partial charge in [-0.25, -0.2) is 9.59 Å². The first-order valence-corrected chi connectivity index (χ1v) is 12.1. The van der Waals surface area contributed by atoms with Crippen molar-refractivity contribution in [2.45, 2.75) is 78.4 Å². The highest BCUT2D eigenvalue weighted by Gasteiger charge is 2.12. The molecule has 0 bridgehead atoms. The van der Waals surface area contributed by atoms with E-state index in [2.05, 4.69) is 31.0 Å². The highest BCUT2D eigenvalue weighted by Crippen LogP contribution is 2.12. The van der Waals surface area contributed by atoms with Crippen molar-refractivity contribution in [2.75, 3.05) is 26.2 Å². The van der Waals surface area contributed by atoms with Gasteiger partial charge < -0.3 is 19.7 Å². The van der Waals surface area contributed by atoms with Crippen LogP contribution >= 0.6 is 0 Å². The number of benzene rings is 1. The fourth-order valence-corrected chi connectivity index (χ4v) is 3.32. The predicted octanol–water partition coefficient (Wildman–Crippen LogP) is 5.47. The molecular formula is C26H42N2O4. The van der Waals surface area contributed by atoms with E-state index in [1.54, 1.807) is 6.08 Å². The van der Waals surface area contributed by atoms with Gasteiger partial charge in [0.1, 0.15) is 12.7 Å². The number of carbonyl (C=O) groups excluding carboxylic acids is 2. The van der Waals surface area contributed by atoms with Crippen LogP contribution in [0.5, 0.6) is 0 Å². The molecule has 6 heteroatoms. The highest BCUT2D eigenvalue weighted by atomic mass is 16.6. The molecule has 0 aliphatic rings. The van der Waals surface area contributed by atoms with Gasteiger partial charge in [-0.3, -0.25) is 0 Å². The highest BCUT2D eigenvalue weighted by molar-refractivity contribution is 5.82. The monoisotopic (exact) mass is 446 g/mol. The van der Waals surface area contributed by atoms with Gasteiger partial charge in [-0.15, -0.1) is 0 Å². The quantitative estimate of drug-likeness (QED) is 0.195. The van der Waals surface area contributed by atoms with Crippen molar-refractivity contribution in [1.82, 2.24) is 10.2 Å². The zero-order valence-electron chi connectivity index (χ0n) is 20.2. The second-order valence-corrected chi connectivity index (χ2v) is 7.91. The molecule has 1 aromatic rings. The Kier molecular flexibility index (Phi) is 15.8. The van der Waals surface area contributed by atoms with Gasteiger partial charge in [0.25, 0.3) is 0 Å². The third kappa shape index (κ3) is 13.9. The molecule has 1 unspecified atom stereocenters. The number of nitrogens with one attached hydrogen (secondary N) is 1. The summed E-state index contributed by atoms with van der Waals surface area (Å²) in [4.78, 5) is 26.6. The van der Waals surface area contributed by atoms with E-state index in [9.17, 15) is 9.59 Å². The average Bonchev–Trinajstić information content (AvgIpc) is 2.81. The minimum absolute atomic E-state index is 0.221. The lowest BCUT2D eigenvalue weighted by Gasteiger charge is -2.19. The molecule has 0 saturated heterocycles. The van der Waals surface area contributed by atoms with Crippen LogP contribution < -0.4 is 5.32 Å². The van der Waals surface area contributed by atoms with Crippen LogP contribution in [0.2, 0.25) is 0 Å². The second kappa shape index (κ2) is 18.3. The molecule has 0 heterocycles. The van der Waals surface area contributed by atoms with E-state index in [-0.39, 0.29) is 6.61 Å². The Balaban J connectivity index is 2.49. The first-order valence-electron chi connectivity index (χ1n) is 12.1. The van der Waals surface area contributed by atoms with Gasteiger partial charge in [-0.2, -0.15) is 0 Å². The summed E-state index contributed by atoms with van der Waals surface area (Å²) < 4.78 is 10.9. The van der Waals surface area contributed by atoms with Crippen LogP contribution in [0, 0.1) is 0 Å². The number of alkyl carbamates (subject to hydrolysis) is 1. The minimum Gasteiger partial charge on any atom is -0.458 e. The topological polar surface area (TPSA) is 67.9 Å². The van der Waals surface area contributed by atoms with E-state index in [0.717, 1.165) is 38.0 Å². The van der Waals surface area contributed by atoms with Crippen LogP contribution in [-0.2, 0) is 20.9 Å². The van der Waals surface area contributed by atoms with Crippen LogP contribution in [-0.4, -0.2) is 49.2 Å². The Morgan fingerprint density at radius 2 is 1.69 bits per heavy atom. The van der Waals surface area contributed by atoms with Gasteiger partial charge in [0.15, 0.2) is 0 Å². The van der Waals surface area contributed by atoms with E-state index in [0.29, 0.717) is 13.0 Å². The number of rotatable bonds is 17. The molecule has 0 radical (unpaired) electrons. The molecule has 1 atom stereocenters. The van der Waals surface area contributed by atoms with E-state index in [1.807, 2.05) is 30.3 Å².